The van der Waals surface area contributed by atoms with E-state index in [1.165, 1.54) is 11.3 Å². The van der Waals surface area contributed by atoms with Gasteiger partial charge in [0.25, 0.3) is 0 Å². The van der Waals surface area contributed by atoms with Crippen molar-refractivity contribution < 1.29 is 9.53 Å². The van der Waals surface area contributed by atoms with Crippen LogP contribution in [0.1, 0.15) is 17.3 Å². The van der Waals surface area contributed by atoms with Crippen LogP contribution in [0.2, 0.25) is 0 Å². The van der Waals surface area contributed by atoms with Crippen molar-refractivity contribution in [1.29, 1.82) is 0 Å². The Morgan fingerprint density at radius 3 is 2.55 bits per heavy atom. The van der Waals surface area contributed by atoms with Crippen LogP contribution in [0.4, 0.5) is 10.8 Å². The second-order valence-corrected chi connectivity index (χ2v) is 8.47. The summed E-state index contributed by atoms with van der Waals surface area (Å²) in [6.07, 6.45) is 1.81. The van der Waals surface area contributed by atoms with Crippen molar-refractivity contribution in [3.8, 4) is 10.4 Å². The summed E-state index contributed by atoms with van der Waals surface area (Å²) in [6, 6.07) is 17.8. The summed E-state index contributed by atoms with van der Waals surface area (Å²) in [6.45, 7) is 5.38. The van der Waals surface area contributed by atoms with E-state index in [2.05, 4.69) is 20.1 Å². The number of nitrogens with zero attached hydrogens (tertiary/aromatic N) is 3. The third kappa shape index (κ3) is 5.03. The molecule has 2 aromatic heterocycles. The maximum absolute atomic E-state index is 12.5. The average Bonchev–Trinajstić information content (AvgIpc) is 3.24. The number of nitrogens with one attached hydrogen (secondary N) is 1. The van der Waals surface area contributed by atoms with Gasteiger partial charge in [-0.2, -0.15) is 0 Å². The lowest BCUT2D eigenvalue weighted by atomic mass is 10.1. The molecule has 31 heavy (non-hydrogen) atoms. The first-order valence-electron chi connectivity index (χ1n) is 10.2. The third-order valence-electron chi connectivity index (χ3n) is 5.05. The van der Waals surface area contributed by atoms with Crippen LogP contribution in [0.5, 0.6) is 0 Å². The molecule has 0 saturated carbocycles. The van der Waals surface area contributed by atoms with Gasteiger partial charge in [0.05, 0.1) is 12.2 Å². The van der Waals surface area contributed by atoms with Crippen LogP contribution in [0, 0.1) is 0 Å². The van der Waals surface area contributed by atoms with Gasteiger partial charge in [0, 0.05) is 37.3 Å². The lowest BCUT2D eigenvalue weighted by molar-refractivity contribution is 0.0528. The van der Waals surface area contributed by atoms with Crippen LogP contribution in [0.25, 0.3) is 10.4 Å². The largest absolute Gasteiger partial charge is 0.462 e. The van der Waals surface area contributed by atoms with E-state index in [4.69, 9.17) is 17.0 Å². The number of aromatic nitrogens is 1. The number of hydrogen-bond donors (Lipinski definition) is 1. The summed E-state index contributed by atoms with van der Waals surface area (Å²) in [5.41, 5.74) is 1.57. The van der Waals surface area contributed by atoms with Crippen LogP contribution in [-0.4, -0.2) is 53.8 Å². The molecule has 1 saturated heterocycles. The van der Waals surface area contributed by atoms with Crippen molar-refractivity contribution in [1.82, 2.24) is 9.88 Å². The van der Waals surface area contributed by atoms with Crippen molar-refractivity contribution in [2.24, 2.45) is 0 Å². The molecule has 1 aliphatic rings. The zero-order valence-corrected chi connectivity index (χ0v) is 18.9. The molecule has 0 aliphatic carbocycles. The van der Waals surface area contributed by atoms with Gasteiger partial charge in [0.1, 0.15) is 10.8 Å². The van der Waals surface area contributed by atoms with Gasteiger partial charge in [-0.15, -0.1) is 11.3 Å². The summed E-state index contributed by atoms with van der Waals surface area (Å²) >= 11 is 7.19. The van der Waals surface area contributed by atoms with E-state index in [0.29, 0.717) is 17.3 Å². The molecule has 0 unspecified atom stereocenters. The molecule has 3 aromatic rings. The molecule has 1 fully saturated rings. The van der Waals surface area contributed by atoms with Crippen molar-refractivity contribution in [3.05, 3.63) is 66.4 Å². The first-order valence-corrected chi connectivity index (χ1v) is 11.5. The number of hydrogen-bond acceptors (Lipinski definition) is 6. The standard InChI is InChI=1S/C23H24N4O2S2/c1-2-29-22(28)18-16-19(17-8-4-3-5-9-17)31-21(18)25-23(30)27-14-12-26(13-15-27)20-10-6-7-11-24-20/h3-11,16H,2,12-15H2,1H3,(H,25,30). The third-order valence-corrected chi connectivity index (χ3v) is 6.51. The quantitative estimate of drug-likeness (QED) is 0.452. The highest BCUT2D eigenvalue weighted by atomic mass is 32.1. The van der Waals surface area contributed by atoms with Gasteiger partial charge < -0.3 is 19.9 Å². The van der Waals surface area contributed by atoms with Gasteiger partial charge in [-0.3, -0.25) is 0 Å². The molecule has 1 aromatic carbocycles. The minimum Gasteiger partial charge on any atom is -0.462 e. The fourth-order valence-electron chi connectivity index (χ4n) is 3.44. The second-order valence-electron chi connectivity index (χ2n) is 7.03. The lowest BCUT2D eigenvalue weighted by Gasteiger charge is -2.36. The molecule has 1 N–H and O–H groups in total. The predicted octanol–water partition coefficient (Wildman–Crippen LogP) is 4.51. The second kappa shape index (κ2) is 9.89. The number of anilines is 2. The number of carbonyl (C=O) groups excluding carboxylic acids is 1. The lowest BCUT2D eigenvalue weighted by Crippen LogP contribution is -2.50. The van der Waals surface area contributed by atoms with Crippen LogP contribution in [0.15, 0.2) is 60.8 Å². The summed E-state index contributed by atoms with van der Waals surface area (Å²) in [5.74, 6) is 0.641. The number of piperazine rings is 1. The Morgan fingerprint density at radius 2 is 1.87 bits per heavy atom. The maximum atomic E-state index is 12.5. The molecule has 0 amide bonds. The number of pyridine rings is 1. The minimum atomic E-state index is -0.341. The molecule has 3 heterocycles. The molecule has 160 valence electrons. The number of carbonyl (C=O) groups is 1. The van der Waals surface area contributed by atoms with E-state index in [1.54, 1.807) is 6.92 Å². The van der Waals surface area contributed by atoms with Gasteiger partial charge in [-0.1, -0.05) is 36.4 Å². The summed E-state index contributed by atoms with van der Waals surface area (Å²) in [4.78, 5) is 22.3. The number of ether oxygens (including phenoxy) is 1. The van der Waals surface area contributed by atoms with Crippen molar-refractivity contribution in [2.75, 3.05) is 43.0 Å². The fraction of sp³-hybridized carbons (Fsp3) is 0.261. The number of benzene rings is 1. The van der Waals surface area contributed by atoms with Gasteiger partial charge >= 0.3 is 5.97 Å². The monoisotopic (exact) mass is 452 g/mol. The molecule has 4 rings (SSSR count). The minimum absolute atomic E-state index is 0.328. The summed E-state index contributed by atoms with van der Waals surface area (Å²) in [5, 5.41) is 4.64. The van der Waals surface area contributed by atoms with Crippen molar-refractivity contribution in [2.45, 2.75) is 6.92 Å². The SMILES string of the molecule is CCOC(=O)c1cc(-c2ccccc2)sc1NC(=S)N1CCN(c2ccccn2)CC1. The number of rotatable bonds is 5. The van der Waals surface area contributed by atoms with E-state index in [0.717, 1.165) is 47.4 Å². The highest BCUT2D eigenvalue weighted by molar-refractivity contribution is 7.80. The highest BCUT2D eigenvalue weighted by Crippen LogP contribution is 2.36. The van der Waals surface area contributed by atoms with Gasteiger partial charge in [-0.25, -0.2) is 9.78 Å². The molecular weight excluding hydrogens is 428 g/mol. The molecule has 1 aliphatic heterocycles. The van der Waals surface area contributed by atoms with Crippen LogP contribution < -0.4 is 10.2 Å². The molecule has 0 atom stereocenters. The Labute approximate surface area is 191 Å². The fourth-order valence-corrected chi connectivity index (χ4v) is 4.84. The predicted molar refractivity (Wildman–Crippen MR) is 130 cm³/mol. The first-order chi connectivity index (χ1) is 15.2. The first kappa shape index (κ1) is 21.3. The maximum Gasteiger partial charge on any atom is 0.341 e. The van der Waals surface area contributed by atoms with Crippen LogP contribution in [-0.2, 0) is 4.74 Å². The Morgan fingerprint density at radius 1 is 1.13 bits per heavy atom. The highest BCUT2D eigenvalue weighted by Gasteiger charge is 2.23. The van der Waals surface area contributed by atoms with Gasteiger partial charge in [-0.05, 0) is 42.9 Å². The van der Waals surface area contributed by atoms with E-state index in [-0.39, 0.29) is 5.97 Å². The molecule has 6 nitrogen and oxygen atoms in total. The number of thiocarbonyl (C=S) groups is 1. The molecule has 0 radical (unpaired) electrons. The smallest absolute Gasteiger partial charge is 0.341 e. The van der Waals surface area contributed by atoms with Crippen molar-refractivity contribution in [3.63, 3.8) is 0 Å². The Hall–Kier alpha value is -2.97. The molecule has 0 bridgehead atoms. The molecular formula is C23H24N4O2S2. The normalized spacial score (nSPS) is 13.7. The Bertz CT molecular complexity index is 1030. The zero-order valence-electron chi connectivity index (χ0n) is 17.3. The Balaban J connectivity index is 1.47. The summed E-state index contributed by atoms with van der Waals surface area (Å²) < 4.78 is 5.27. The molecule has 0 spiro atoms. The van der Waals surface area contributed by atoms with Crippen LogP contribution in [0.3, 0.4) is 0 Å². The van der Waals surface area contributed by atoms with E-state index in [9.17, 15) is 4.79 Å². The van der Waals surface area contributed by atoms with Gasteiger partial charge in [0.2, 0.25) is 0 Å². The van der Waals surface area contributed by atoms with E-state index in [1.807, 2.05) is 60.8 Å². The number of esters is 1. The number of thiophene rings is 1. The Kier molecular flexibility index (Phi) is 6.79. The topological polar surface area (TPSA) is 57.7 Å². The molecule has 8 heteroatoms. The van der Waals surface area contributed by atoms with E-state index < -0.39 is 0 Å². The van der Waals surface area contributed by atoms with Gasteiger partial charge in [0.15, 0.2) is 5.11 Å². The zero-order chi connectivity index (χ0) is 21.6. The van der Waals surface area contributed by atoms with Crippen molar-refractivity contribution >= 4 is 45.5 Å². The van der Waals surface area contributed by atoms with E-state index >= 15 is 0 Å². The summed E-state index contributed by atoms with van der Waals surface area (Å²) in [7, 11) is 0. The average molecular weight is 453 g/mol. The van der Waals surface area contributed by atoms with Crippen LogP contribution >= 0.6 is 23.6 Å².